The molecule has 1 saturated heterocycles. The van der Waals surface area contributed by atoms with E-state index in [0.717, 1.165) is 44.6 Å². The van der Waals surface area contributed by atoms with E-state index in [4.69, 9.17) is 4.74 Å². The van der Waals surface area contributed by atoms with E-state index >= 15 is 0 Å². The van der Waals surface area contributed by atoms with Crippen molar-refractivity contribution in [3.63, 3.8) is 0 Å². The molecule has 118 valence electrons. The molecule has 2 rings (SSSR count). The maximum absolute atomic E-state index is 13.0. The molecule has 5 heteroatoms. The monoisotopic (exact) mass is 298 g/mol. The van der Waals surface area contributed by atoms with Crippen LogP contribution in [0.1, 0.15) is 25.7 Å². The van der Waals surface area contributed by atoms with Crippen LogP contribution in [0.25, 0.3) is 0 Å². The van der Waals surface area contributed by atoms with Crippen LogP contribution in [-0.4, -0.2) is 44.2 Å². The molecular formula is C16H24F2N2O. The average Bonchev–Trinajstić information content (AvgIpc) is 2.51. The van der Waals surface area contributed by atoms with Crippen LogP contribution in [0.15, 0.2) is 18.2 Å². The third-order valence-corrected chi connectivity index (χ3v) is 4.00. The molecule has 1 heterocycles. The summed E-state index contributed by atoms with van der Waals surface area (Å²) in [6.07, 6.45) is 4.38. The molecule has 1 N–H and O–H groups in total. The van der Waals surface area contributed by atoms with Gasteiger partial charge < -0.3 is 15.0 Å². The number of halogens is 2. The molecule has 0 aromatic heterocycles. The second kappa shape index (κ2) is 8.29. The van der Waals surface area contributed by atoms with Crippen molar-refractivity contribution in [2.45, 2.75) is 31.7 Å². The van der Waals surface area contributed by atoms with Crippen molar-refractivity contribution in [2.24, 2.45) is 0 Å². The van der Waals surface area contributed by atoms with E-state index in [9.17, 15) is 8.78 Å². The van der Waals surface area contributed by atoms with Crippen molar-refractivity contribution in [2.75, 3.05) is 33.3 Å². The molecule has 0 spiro atoms. The van der Waals surface area contributed by atoms with E-state index < -0.39 is 11.6 Å². The van der Waals surface area contributed by atoms with Crippen molar-refractivity contribution in [1.82, 2.24) is 10.2 Å². The number of nitrogens with one attached hydrogen (secondary N) is 1. The van der Waals surface area contributed by atoms with Crippen molar-refractivity contribution in [3.8, 4) is 5.75 Å². The quantitative estimate of drug-likeness (QED) is 0.783. The number of hydrogen-bond donors (Lipinski definition) is 1. The van der Waals surface area contributed by atoms with Crippen LogP contribution >= 0.6 is 0 Å². The molecule has 0 saturated carbocycles. The number of unbranched alkanes of at least 4 members (excludes halogenated alkanes) is 1. The SMILES string of the molecule is CN(CCCCOc1ccc(F)c(F)c1)C1CCNCC1. The van der Waals surface area contributed by atoms with Crippen LogP contribution in [0.2, 0.25) is 0 Å². The summed E-state index contributed by atoms with van der Waals surface area (Å²) in [5.74, 6) is -1.32. The van der Waals surface area contributed by atoms with Gasteiger partial charge in [0.25, 0.3) is 0 Å². The number of ether oxygens (including phenoxy) is 1. The summed E-state index contributed by atoms with van der Waals surface area (Å²) < 4.78 is 31.2. The predicted octanol–water partition coefficient (Wildman–Crippen LogP) is 2.81. The van der Waals surface area contributed by atoms with E-state index in [1.165, 1.54) is 18.9 Å². The van der Waals surface area contributed by atoms with Gasteiger partial charge >= 0.3 is 0 Å². The lowest BCUT2D eigenvalue weighted by molar-refractivity contribution is 0.190. The Morgan fingerprint density at radius 3 is 2.67 bits per heavy atom. The van der Waals surface area contributed by atoms with Crippen LogP contribution in [0, 0.1) is 11.6 Å². The maximum Gasteiger partial charge on any atom is 0.162 e. The summed E-state index contributed by atoms with van der Waals surface area (Å²) >= 11 is 0. The molecule has 0 unspecified atom stereocenters. The van der Waals surface area contributed by atoms with Gasteiger partial charge in [0.2, 0.25) is 0 Å². The molecule has 0 aliphatic carbocycles. The Labute approximate surface area is 125 Å². The molecule has 1 aromatic carbocycles. The Kier molecular flexibility index (Phi) is 6.39. The first-order valence-electron chi connectivity index (χ1n) is 7.65. The number of piperidine rings is 1. The molecule has 1 aliphatic rings. The van der Waals surface area contributed by atoms with Gasteiger partial charge in [-0.15, -0.1) is 0 Å². The van der Waals surface area contributed by atoms with Gasteiger partial charge in [0, 0.05) is 12.1 Å². The Bertz CT molecular complexity index is 436. The highest BCUT2D eigenvalue weighted by Crippen LogP contribution is 2.16. The van der Waals surface area contributed by atoms with Crippen LogP contribution in [0.3, 0.4) is 0 Å². The summed E-state index contributed by atoms with van der Waals surface area (Å²) in [5, 5.41) is 3.37. The van der Waals surface area contributed by atoms with Gasteiger partial charge in [-0.05, 0) is 64.5 Å². The number of hydrogen-bond acceptors (Lipinski definition) is 3. The third kappa shape index (κ3) is 5.25. The molecule has 0 bridgehead atoms. The molecule has 3 nitrogen and oxygen atoms in total. The van der Waals surface area contributed by atoms with E-state index in [-0.39, 0.29) is 0 Å². The van der Waals surface area contributed by atoms with Crippen LogP contribution in [0.4, 0.5) is 8.78 Å². The molecule has 0 radical (unpaired) electrons. The van der Waals surface area contributed by atoms with Crippen LogP contribution < -0.4 is 10.1 Å². The maximum atomic E-state index is 13.0. The Hall–Kier alpha value is -1.20. The lowest BCUT2D eigenvalue weighted by atomic mass is 10.1. The molecule has 1 aromatic rings. The minimum Gasteiger partial charge on any atom is -0.493 e. The molecule has 21 heavy (non-hydrogen) atoms. The topological polar surface area (TPSA) is 24.5 Å². The van der Waals surface area contributed by atoms with E-state index in [1.807, 2.05) is 0 Å². The van der Waals surface area contributed by atoms with Gasteiger partial charge in [0.05, 0.1) is 6.61 Å². The van der Waals surface area contributed by atoms with Gasteiger partial charge in [-0.25, -0.2) is 8.78 Å². The Morgan fingerprint density at radius 1 is 1.19 bits per heavy atom. The molecule has 1 aliphatic heterocycles. The fraction of sp³-hybridized carbons (Fsp3) is 0.625. The summed E-state index contributed by atoms with van der Waals surface area (Å²) in [6, 6.07) is 4.32. The van der Waals surface area contributed by atoms with Crippen LogP contribution in [0.5, 0.6) is 5.75 Å². The second-order valence-electron chi connectivity index (χ2n) is 5.59. The largest absolute Gasteiger partial charge is 0.493 e. The lowest BCUT2D eigenvalue weighted by Crippen LogP contribution is -2.41. The summed E-state index contributed by atoms with van der Waals surface area (Å²) in [7, 11) is 2.17. The van der Waals surface area contributed by atoms with Crippen LogP contribution in [-0.2, 0) is 0 Å². The minimum atomic E-state index is -0.863. The average molecular weight is 298 g/mol. The van der Waals surface area contributed by atoms with Gasteiger partial charge in [0.1, 0.15) is 5.75 Å². The Balaban J connectivity index is 1.60. The number of rotatable bonds is 7. The molecule has 0 atom stereocenters. The fourth-order valence-electron chi connectivity index (χ4n) is 2.65. The van der Waals surface area contributed by atoms with Crippen molar-refractivity contribution in [1.29, 1.82) is 0 Å². The summed E-state index contributed by atoms with van der Waals surface area (Å²) in [5.41, 5.74) is 0. The summed E-state index contributed by atoms with van der Waals surface area (Å²) in [6.45, 7) is 3.79. The van der Waals surface area contributed by atoms with Crippen molar-refractivity contribution >= 4 is 0 Å². The highest BCUT2D eigenvalue weighted by molar-refractivity contribution is 5.23. The zero-order valence-electron chi connectivity index (χ0n) is 12.6. The molecular weight excluding hydrogens is 274 g/mol. The second-order valence-corrected chi connectivity index (χ2v) is 5.59. The smallest absolute Gasteiger partial charge is 0.162 e. The Morgan fingerprint density at radius 2 is 1.95 bits per heavy atom. The fourth-order valence-corrected chi connectivity index (χ4v) is 2.65. The first kappa shape index (κ1) is 16.2. The van der Waals surface area contributed by atoms with Gasteiger partial charge in [-0.1, -0.05) is 0 Å². The standard InChI is InChI=1S/C16H24F2N2O/c1-20(13-6-8-19-9-7-13)10-2-3-11-21-14-4-5-15(17)16(18)12-14/h4-5,12-13,19H,2-3,6-11H2,1H3. The lowest BCUT2D eigenvalue weighted by Gasteiger charge is -2.31. The van der Waals surface area contributed by atoms with Crippen molar-refractivity contribution in [3.05, 3.63) is 29.8 Å². The molecule has 0 amide bonds. The van der Waals surface area contributed by atoms with E-state index in [1.54, 1.807) is 0 Å². The highest BCUT2D eigenvalue weighted by Gasteiger charge is 2.16. The van der Waals surface area contributed by atoms with Gasteiger partial charge in [-0.2, -0.15) is 0 Å². The van der Waals surface area contributed by atoms with E-state index in [2.05, 4.69) is 17.3 Å². The normalized spacial score (nSPS) is 16.4. The zero-order valence-corrected chi connectivity index (χ0v) is 12.6. The first-order chi connectivity index (χ1) is 10.2. The van der Waals surface area contributed by atoms with Gasteiger partial charge in [-0.3, -0.25) is 0 Å². The van der Waals surface area contributed by atoms with Crippen molar-refractivity contribution < 1.29 is 13.5 Å². The van der Waals surface area contributed by atoms with E-state index in [0.29, 0.717) is 18.4 Å². The van der Waals surface area contributed by atoms with Gasteiger partial charge in [0.15, 0.2) is 11.6 Å². The minimum absolute atomic E-state index is 0.389. The summed E-state index contributed by atoms with van der Waals surface area (Å²) in [4.78, 5) is 2.42. The highest BCUT2D eigenvalue weighted by atomic mass is 19.2. The number of benzene rings is 1. The first-order valence-corrected chi connectivity index (χ1v) is 7.65. The third-order valence-electron chi connectivity index (χ3n) is 4.00. The zero-order chi connectivity index (χ0) is 15.1. The number of nitrogens with zero attached hydrogens (tertiary/aromatic N) is 1. The predicted molar refractivity (Wildman–Crippen MR) is 79.6 cm³/mol. The molecule has 1 fully saturated rings.